The molecule has 0 unspecified atom stereocenters. The molecule has 128 valence electrons. The summed E-state index contributed by atoms with van der Waals surface area (Å²) in [5.41, 5.74) is 2.45. The molecule has 23 heavy (non-hydrogen) atoms. The van der Waals surface area contributed by atoms with Gasteiger partial charge in [0.15, 0.2) is 0 Å². The number of anilines is 1. The van der Waals surface area contributed by atoms with E-state index in [0.29, 0.717) is 6.54 Å². The van der Waals surface area contributed by atoms with Crippen molar-refractivity contribution in [1.82, 2.24) is 10.2 Å². The first-order valence-electron chi connectivity index (χ1n) is 8.52. The average molecular weight is 338 g/mol. The number of halogens is 1. The Kier molecular flexibility index (Phi) is 6.72. The van der Waals surface area contributed by atoms with Crippen LogP contribution in [0.3, 0.4) is 0 Å². The highest BCUT2D eigenvalue weighted by Crippen LogP contribution is 2.25. The normalized spacial score (nSPS) is 17.1. The van der Waals surface area contributed by atoms with Gasteiger partial charge in [-0.05, 0) is 38.0 Å². The number of rotatable bonds is 6. The van der Waals surface area contributed by atoms with E-state index < -0.39 is 0 Å². The Bertz CT molecular complexity index is 527. The maximum absolute atomic E-state index is 12.1. The molecular weight excluding hydrogens is 310 g/mol. The molecule has 1 N–H and O–H groups in total. The third kappa shape index (κ3) is 5.40. The Balaban J connectivity index is 1.82. The number of benzene rings is 1. The van der Waals surface area contributed by atoms with E-state index >= 15 is 0 Å². The number of piperazine rings is 1. The van der Waals surface area contributed by atoms with Gasteiger partial charge in [0.2, 0.25) is 5.91 Å². The van der Waals surface area contributed by atoms with E-state index in [4.69, 9.17) is 11.6 Å². The molecular formula is C18H28ClN3O. The zero-order chi connectivity index (χ0) is 16.8. The molecule has 1 atom stereocenters. The third-order valence-electron chi connectivity index (χ3n) is 4.38. The van der Waals surface area contributed by atoms with Gasteiger partial charge in [0.1, 0.15) is 0 Å². The van der Waals surface area contributed by atoms with E-state index in [-0.39, 0.29) is 11.9 Å². The number of aryl methyl sites for hydroxylation is 1. The summed E-state index contributed by atoms with van der Waals surface area (Å²) in [6.07, 6.45) is 2.13. The largest absolute Gasteiger partial charge is 0.369 e. The van der Waals surface area contributed by atoms with Gasteiger partial charge in [-0.15, -0.1) is 0 Å². The monoisotopic (exact) mass is 337 g/mol. The Labute approximate surface area is 144 Å². The fourth-order valence-corrected chi connectivity index (χ4v) is 3.27. The quantitative estimate of drug-likeness (QED) is 0.866. The van der Waals surface area contributed by atoms with E-state index in [0.717, 1.165) is 44.0 Å². The van der Waals surface area contributed by atoms with E-state index in [1.165, 1.54) is 11.3 Å². The van der Waals surface area contributed by atoms with Crippen LogP contribution in [-0.4, -0.2) is 49.6 Å². The topological polar surface area (TPSA) is 35.6 Å². The number of nitrogens with zero attached hydrogens (tertiary/aromatic N) is 2. The van der Waals surface area contributed by atoms with Gasteiger partial charge in [0.25, 0.3) is 0 Å². The van der Waals surface area contributed by atoms with Crippen molar-refractivity contribution in [3.05, 3.63) is 28.8 Å². The van der Waals surface area contributed by atoms with Crippen molar-refractivity contribution in [2.45, 2.75) is 39.7 Å². The van der Waals surface area contributed by atoms with Crippen molar-refractivity contribution in [2.75, 3.05) is 37.6 Å². The minimum absolute atomic E-state index is 0.137. The van der Waals surface area contributed by atoms with Crippen molar-refractivity contribution < 1.29 is 4.79 Å². The molecule has 1 aliphatic heterocycles. The van der Waals surface area contributed by atoms with Crippen molar-refractivity contribution >= 4 is 23.2 Å². The zero-order valence-electron chi connectivity index (χ0n) is 14.4. The molecule has 0 aromatic heterocycles. The van der Waals surface area contributed by atoms with Crippen molar-refractivity contribution in [2.24, 2.45) is 0 Å². The van der Waals surface area contributed by atoms with Crippen LogP contribution in [0.25, 0.3) is 0 Å². The van der Waals surface area contributed by atoms with Gasteiger partial charge in [-0.25, -0.2) is 0 Å². The fourth-order valence-electron chi connectivity index (χ4n) is 3.10. The molecule has 1 aromatic carbocycles. The third-order valence-corrected chi connectivity index (χ3v) is 4.62. The minimum Gasteiger partial charge on any atom is -0.369 e. The fraction of sp³-hybridized carbons (Fsp3) is 0.611. The maximum Gasteiger partial charge on any atom is 0.234 e. The standard InChI is InChI=1S/C18H28ClN3O/c1-4-5-15(3)20-18(23)13-21-8-10-22(11-9-21)17-12-16(19)7-6-14(17)2/h6-7,12,15H,4-5,8-11,13H2,1-3H3,(H,20,23)/t15-/m0/s1. The Morgan fingerprint density at radius 1 is 1.30 bits per heavy atom. The summed E-state index contributed by atoms with van der Waals surface area (Å²) in [6.45, 7) is 10.5. The van der Waals surface area contributed by atoms with Crippen LogP contribution in [0.5, 0.6) is 0 Å². The van der Waals surface area contributed by atoms with Gasteiger partial charge in [-0.1, -0.05) is 31.0 Å². The van der Waals surface area contributed by atoms with E-state index in [1.807, 2.05) is 12.1 Å². The van der Waals surface area contributed by atoms with Crippen LogP contribution in [0.4, 0.5) is 5.69 Å². The lowest BCUT2D eigenvalue weighted by atomic mass is 10.1. The predicted octanol–water partition coefficient (Wildman–Crippen LogP) is 3.08. The molecule has 2 rings (SSSR count). The van der Waals surface area contributed by atoms with Gasteiger partial charge in [0.05, 0.1) is 6.54 Å². The van der Waals surface area contributed by atoms with Gasteiger partial charge >= 0.3 is 0 Å². The predicted molar refractivity (Wildman–Crippen MR) is 97.4 cm³/mol. The Morgan fingerprint density at radius 2 is 2.00 bits per heavy atom. The summed E-state index contributed by atoms with van der Waals surface area (Å²) < 4.78 is 0. The van der Waals surface area contributed by atoms with Gasteiger partial charge in [0, 0.05) is 42.9 Å². The van der Waals surface area contributed by atoms with Crippen molar-refractivity contribution in [3.63, 3.8) is 0 Å². The second-order valence-corrected chi connectivity index (χ2v) is 6.89. The maximum atomic E-state index is 12.1. The summed E-state index contributed by atoms with van der Waals surface area (Å²) in [7, 11) is 0. The summed E-state index contributed by atoms with van der Waals surface area (Å²) >= 11 is 6.12. The molecule has 0 saturated carbocycles. The van der Waals surface area contributed by atoms with Crippen LogP contribution in [0.15, 0.2) is 18.2 Å². The van der Waals surface area contributed by atoms with Crippen LogP contribution in [0.2, 0.25) is 5.02 Å². The SMILES string of the molecule is CCC[C@H](C)NC(=O)CN1CCN(c2cc(Cl)ccc2C)CC1. The molecule has 1 aliphatic rings. The van der Waals surface area contributed by atoms with E-state index in [2.05, 4.69) is 42.0 Å². The summed E-state index contributed by atoms with van der Waals surface area (Å²) in [4.78, 5) is 16.6. The van der Waals surface area contributed by atoms with E-state index in [1.54, 1.807) is 0 Å². The van der Waals surface area contributed by atoms with Crippen LogP contribution in [0.1, 0.15) is 32.3 Å². The summed E-state index contributed by atoms with van der Waals surface area (Å²) in [6, 6.07) is 6.29. The van der Waals surface area contributed by atoms with Crippen molar-refractivity contribution in [3.8, 4) is 0 Å². The highest BCUT2D eigenvalue weighted by molar-refractivity contribution is 6.30. The molecule has 0 bridgehead atoms. The van der Waals surface area contributed by atoms with Gasteiger partial charge < -0.3 is 10.2 Å². The second-order valence-electron chi connectivity index (χ2n) is 6.45. The number of carbonyl (C=O) groups is 1. The first-order chi connectivity index (χ1) is 11.0. The molecule has 0 spiro atoms. The lowest BCUT2D eigenvalue weighted by Gasteiger charge is -2.36. The zero-order valence-corrected chi connectivity index (χ0v) is 15.2. The molecule has 1 saturated heterocycles. The van der Waals surface area contributed by atoms with Crippen LogP contribution in [-0.2, 0) is 4.79 Å². The number of hydrogen-bond donors (Lipinski definition) is 1. The molecule has 1 aromatic rings. The average Bonchev–Trinajstić information content (AvgIpc) is 2.50. The molecule has 5 heteroatoms. The smallest absolute Gasteiger partial charge is 0.234 e. The molecule has 0 radical (unpaired) electrons. The highest BCUT2D eigenvalue weighted by Gasteiger charge is 2.20. The lowest BCUT2D eigenvalue weighted by Crippen LogP contribution is -2.50. The number of hydrogen-bond acceptors (Lipinski definition) is 3. The molecule has 4 nitrogen and oxygen atoms in total. The number of nitrogens with one attached hydrogen (secondary N) is 1. The molecule has 1 amide bonds. The van der Waals surface area contributed by atoms with Crippen LogP contribution < -0.4 is 10.2 Å². The van der Waals surface area contributed by atoms with Gasteiger partial charge in [-0.2, -0.15) is 0 Å². The molecule has 0 aliphatic carbocycles. The Morgan fingerprint density at radius 3 is 2.65 bits per heavy atom. The van der Waals surface area contributed by atoms with E-state index in [9.17, 15) is 4.79 Å². The summed E-state index contributed by atoms with van der Waals surface area (Å²) in [5, 5.41) is 3.85. The summed E-state index contributed by atoms with van der Waals surface area (Å²) in [5.74, 6) is 0.137. The second kappa shape index (κ2) is 8.55. The molecule has 1 heterocycles. The van der Waals surface area contributed by atoms with Crippen LogP contribution in [0, 0.1) is 6.92 Å². The molecule has 1 fully saturated rings. The van der Waals surface area contributed by atoms with Crippen molar-refractivity contribution in [1.29, 1.82) is 0 Å². The van der Waals surface area contributed by atoms with Crippen LogP contribution >= 0.6 is 11.6 Å². The Hall–Kier alpha value is -1.26. The highest BCUT2D eigenvalue weighted by atomic mass is 35.5. The first-order valence-corrected chi connectivity index (χ1v) is 8.90. The first kappa shape index (κ1) is 18.1. The minimum atomic E-state index is 0.137. The van der Waals surface area contributed by atoms with Gasteiger partial charge in [-0.3, -0.25) is 9.69 Å². The number of amides is 1. The lowest BCUT2D eigenvalue weighted by molar-refractivity contribution is -0.122. The number of carbonyl (C=O) groups excluding carboxylic acids is 1.